The van der Waals surface area contributed by atoms with Gasteiger partial charge in [-0.25, -0.2) is 9.59 Å². The van der Waals surface area contributed by atoms with E-state index in [0.29, 0.717) is 12.0 Å². The minimum atomic E-state index is -1.09. The maximum absolute atomic E-state index is 11.7. The molecule has 1 atom stereocenters. The number of carbonyl (C=O) groups excluding carboxylic acids is 1. The molecule has 0 radical (unpaired) electrons. The first-order valence-electron chi connectivity index (χ1n) is 6.17. The minimum absolute atomic E-state index is 0.0442. The highest BCUT2D eigenvalue weighted by Crippen LogP contribution is 2.25. The quantitative estimate of drug-likeness (QED) is 0.800. The lowest BCUT2D eigenvalue weighted by Gasteiger charge is -2.18. The van der Waals surface area contributed by atoms with Gasteiger partial charge in [0.15, 0.2) is 6.10 Å². The summed E-state index contributed by atoms with van der Waals surface area (Å²) < 4.78 is 10.4. The second-order valence-electron chi connectivity index (χ2n) is 4.02. The number of para-hydroxylation sites is 1. The number of carboxylic acids is 1. The average Bonchev–Trinajstić information content (AvgIpc) is 2.37. The van der Waals surface area contributed by atoms with Crippen LogP contribution in [0.4, 0.5) is 0 Å². The van der Waals surface area contributed by atoms with Gasteiger partial charge in [-0.2, -0.15) is 0 Å². The maximum atomic E-state index is 11.7. The van der Waals surface area contributed by atoms with E-state index in [1.54, 1.807) is 32.9 Å². The van der Waals surface area contributed by atoms with Crippen molar-refractivity contribution in [2.45, 2.75) is 33.3 Å². The number of hydrogen-bond acceptors (Lipinski definition) is 4. The predicted octanol–water partition coefficient (Wildman–Crippen LogP) is 2.41. The molecule has 0 aliphatic heterocycles. The van der Waals surface area contributed by atoms with Gasteiger partial charge in [0.05, 0.1) is 6.61 Å². The smallest absolute Gasteiger partial charge is 0.347 e. The molecule has 104 valence electrons. The summed E-state index contributed by atoms with van der Waals surface area (Å²) in [6.45, 7) is 5.49. The summed E-state index contributed by atoms with van der Waals surface area (Å²) in [6, 6.07) is 4.82. The molecule has 0 aliphatic rings. The number of ether oxygens (including phenoxy) is 2. The first-order valence-corrected chi connectivity index (χ1v) is 6.17. The zero-order valence-electron chi connectivity index (χ0n) is 11.3. The Morgan fingerprint density at radius 1 is 1.32 bits per heavy atom. The normalized spacial score (nSPS) is 11.7. The molecule has 0 spiro atoms. The van der Waals surface area contributed by atoms with Crippen molar-refractivity contribution in [1.82, 2.24) is 0 Å². The zero-order valence-corrected chi connectivity index (χ0v) is 11.3. The second kappa shape index (κ2) is 6.78. The third-order valence-electron chi connectivity index (χ3n) is 2.62. The van der Waals surface area contributed by atoms with Crippen LogP contribution in [0.15, 0.2) is 18.2 Å². The second-order valence-corrected chi connectivity index (χ2v) is 4.02. The summed E-state index contributed by atoms with van der Waals surface area (Å²) in [6.07, 6.45) is -0.383. The lowest BCUT2D eigenvalue weighted by atomic mass is 10.1. The number of carbonyl (C=O) groups is 2. The first-order chi connectivity index (χ1) is 9.01. The SMILES string of the molecule is CCOC(=O)C(CC)Oc1c(C)cccc1C(=O)O. The van der Waals surface area contributed by atoms with Crippen LogP contribution in [0, 0.1) is 6.92 Å². The molecule has 1 rings (SSSR count). The van der Waals surface area contributed by atoms with Crippen molar-refractivity contribution in [2.24, 2.45) is 0 Å². The van der Waals surface area contributed by atoms with Crippen molar-refractivity contribution in [3.05, 3.63) is 29.3 Å². The average molecular weight is 266 g/mol. The fraction of sp³-hybridized carbons (Fsp3) is 0.429. The highest BCUT2D eigenvalue weighted by atomic mass is 16.6. The van der Waals surface area contributed by atoms with E-state index in [0.717, 1.165) is 0 Å². The van der Waals surface area contributed by atoms with Crippen molar-refractivity contribution in [3.63, 3.8) is 0 Å². The van der Waals surface area contributed by atoms with Gasteiger partial charge in [-0.15, -0.1) is 0 Å². The molecule has 1 aromatic rings. The molecular weight excluding hydrogens is 248 g/mol. The van der Waals surface area contributed by atoms with Crippen molar-refractivity contribution in [3.8, 4) is 5.75 Å². The molecule has 0 amide bonds. The summed E-state index contributed by atoms with van der Waals surface area (Å²) in [4.78, 5) is 22.8. The van der Waals surface area contributed by atoms with Crippen LogP contribution < -0.4 is 4.74 Å². The van der Waals surface area contributed by atoms with E-state index in [-0.39, 0.29) is 17.9 Å². The molecule has 0 saturated heterocycles. The number of benzene rings is 1. The Balaban J connectivity index is 3.03. The summed E-state index contributed by atoms with van der Waals surface area (Å²) in [5.41, 5.74) is 0.713. The van der Waals surface area contributed by atoms with Crippen molar-refractivity contribution in [1.29, 1.82) is 0 Å². The Hall–Kier alpha value is -2.04. The molecule has 19 heavy (non-hydrogen) atoms. The Morgan fingerprint density at radius 3 is 2.53 bits per heavy atom. The van der Waals surface area contributed by atoms with Gasteiger partial charge in [0, 0.05) is 0 Å². The molecule has 0 aromatic heterocycles. The van der Waals surface area contributed by atoms with E-state index < -0.39 is 18.0 Å². The minimum Gasteiger partial charge on any atom is -0.478 e. The molecule has 0 aliphatic carbocycles. The number of aryl methyl sites for hydroxylation is 1. The van der Waals surface area contributed by atoms with E-state index in [1.165, 1.54) is 6.07 Å². The van der Waals surface area contributed by atoms with Crippen molar-refractivity contribution < 1.29 is 24.2 Å². The number of hydrogen-bond donors (Lipinski definition) is 1. The van der Waals surface area contributed by atoms with E-state index in [2.05, 4.69) is 0 Å². The van der Waals surface area contributed by atoms with Gasteiger partial charge >= 0.3 is 11.9 Å². The standard InChI is InChI=1S/C14H18O5/c1-4-11(14(17)18-5-2)19-12-9(3)7-6-8-10(12)13(15)16/h6-8,11H,4-5H2,1-3H3,(H,15,16). The first kappa shape index (κ1) is 15.0. The van der Waals surface area contributed by atoms with Gasteiger partial charge in [0.25, 0.3) is 0 Å². The molecule has 5 heteroatoms. The topological polar surface area (TPSA) is 72.8 Å². The van der Waals surface area contributed by atoms with Gasteiger partial charge in [0.1, 0.15) is 11.3 Å². The van der Waals surface area contributed by atoms with Crippen molar-refractivity contribution >= 4 is 11.9 Å². The van der Waals surface area contributed by atoms with E-state index in [4.69, 9.17) is 14.6 Å². The molecular formula is C14H18O5. The molecule has 1 N–H and O–H groups in total. The Labute approximate surface area is 112 Å². The molecule has 0 heterocycles. The Kier molecular flexibility index (Phi) is 5.36. The van der Waals surface area contributed by atoms with Crippen LogP contribution in [0.25, 0.3) is 0 Å². The molecule has 0 saturated carbocycles. The highest BCUT2D eigenvalue weighted by Gasteiger charge is 2.23. The van der Waals surface area contributed by atoms with Gasteiger partial charge in [-0.05, 0) is 31.9 Å². The van der Waals surface area contributed by atoms with E-state index >= 15 is 0 Å². The fourth-order valence-electron chi connectivity index (χ4n) is 1.65. The third-order valence-corrected chi connectivity index (χ3v) is 2.62. The maximum Gasteiger partial charge on any atom is 0.347 e. The van der Waals surface area contributed by atoms with Crippen LogP contribution in [0.3, 0.4) is 0 Å². The lowest BCUT2D eigenvalue weighted by Crippen LogP contribution is -2.29. The van der Waals surface area contributed by atoms with Crippen LogP contribution >= 0.6 is 0 Å². The molecule has 1 unspecified atom stereocenters. The number of rotatable bonds is 6. The number of carboxylic acid groups (broad SMARTS) is 1. The van der Waals surface area contributed by atoms with Gasteiger partial charge < -0.3 is 14.6 Å². The number of aromatic carboxylic acids is 1. The Bertz CT molecular complexity index is 467. The van der Waals surface area contributed by atoms with Gasteiger partial charge in [0.2, 0.25) is 0 Å². The molecule has 0 bridgehead atoms. The van der Waals surface area contributed by atoms with Crippen LogP contribution in [0.5, 0.6) is 5.75 Å². The van der Waals surface area contributed by atoms with Gasteiger partial charge in [-0.1, -0.05) is 19.1 Å². The predicted molar refractivity (Wildman–Crippen MR) is 69.5 cm³/mol. The van der Waals surface area contributed by atoms with E-state index in [9.17, 15) is 9.59 Å². The molecule has 5 nitrogen and oxygen atoms in total. The largest absolute Gasteiger partial charge is 0.478 e. The van der Waals surface area contributed by atoms with E-state index in [1.807, 2.05) is 0 Å². The van der Waals surface area contributed by atoms with Crippen LogP contribution in [0.2, 0.25) is 0 Å². The van der Waals surface area contributed by atoms with Crippen LogP contribution in [0.1, 0.15) is 36.2 Å². The summed E-state index contributed by atoms with van der Waals surface area (Å²) in [5, 5.41) is 9.12. The highest BCUT2D eigenvalue weighted by molar-refractivity contribution is 5.91. The number of esters is 1. The lowest BCUT2D eigenvalue weighted by molar-refractivity contribution is -0.151. The summed E-state index contributed by atoms with van der Waals surface area (Å²) in [5.74, 6) is -1.35. The monoisotopic (exact) mass is 266 g/mol. The zero-order chi connectivity index (χ0) is 14.4. The molecule has 1 aromatic carbocycles. The summed E-state index contributed by atoms with van der Waals surface area (Å²) >= 11 is 0. The van der Waals surface area contributed by atoms with Crippen LogP contribution in [-0.2, 0) is 9.53 Å². The van der Waals surface area contributed by atoms with Crippen LogP contribution in [-0.4, -0.2) is 29.8 Å². The van der Waals surface area contributed by atoms with Gasteiger partial charge in [-0.3, -0.25) is 0 Å². The molecule has 0 fully saturated rings. The third kappa shape index (κ3) is 3.71. The fourth-order valence-corrected chi connectivity index (χ4v) is 1.65. The van der Waals surface area contributed by atoms with Crippen molar-refractivity contribution in [2.75, 3.05) is 6.61 Å². The Morgan fingerprint density at radius 2 is 2.00 bits per heavy atom. The summed E-state index contributed by atoms with van der Waals surface area (Å²) in [7, 11) is 0.